The van der Waals surface area contributed by atoms with E-state index in [1.807, 2.05) is 6.92 Å². The molecular weight excluding hydrogens is 334 g/mol. The molecule has 2 rings (SSSR count). The van der Waals surface area contributed by atoms with Crippen molar-refractivity contribution in [2.75, 3.05) is 5.32 Å². The molecule has 2 aromatic rings. The Labute approximate surface area is 151 Å². The molecule has 0 unspecified atom stereocenters. The van der Waals surface area contributed by atoms with Gasteiger partial charge in [-0.1, -0.05) is 25.8 Å². The Morgan fingerprint density at radius 2 is 1.88 bits per heavy atom. The number of aromatic nitrogens is 1. The van der Waals surface area contributed by atoms with E-state index in [9.17, 15) is 19.5 Å². The Hall–Kier alpha value is -3.22. The predicted molar refractivity (Wildman–Crippen MR) is 97.0 cm³/mol. The second-order valence-corrected chi connectivity index (χ2v) is 5.78. The van der Waals surface area contributed by atoms with E-state index in [-0.39, 0.29) is 11.5 Å². The monoisotopic (exact) mass is 355 g/mol. The first-order chi connectivity index (χ1) is 12.5. The number of nitrogens with zero attached hydrogens (tertiary/aromatic N) is 1. The van der Waals surface area contributed by atoms with Gasteiger partial charge in [-0.2, -0.15) is 0 Å². The fraction of sp³-hybridized carbons (Fsp3) is 0.263. The van der Waals surface area contributed by atoms with Crippen LogP contribution < -0.4 is 10.6 Å². The van der Waals surface area contributed by atoms with Gasteiger partial charge in [0.25, 0.3) is 11.8 Å². The summed E-state index contributed by atoms with van der Waals surface area (Å²) in [6.45, 7) is 1.95. The number of hydrogen-bond acceptors (Lipinski definition) is 4. The molecule has 1 aromatic carbocycles. The highest BCUT2D eigenvalue weighted by atomic mass is 16.4. The van der Waals surface area contributed by atoms with Gasteiger partial charge in [0.1, 0.15) is 6.04 Å². The average molecular weight is 355 g/mol. The Kier molecular flexibility index (Phi) is 6.84. The first kappa shape index (κ1) is 19.1. The minimum absolute atomic E-state index is 0.275. The summed E-state index contributed by atoms with van der Waals surface area (Å²) in [5, 5.41) is 14.4. The average Bonchev–Trinajstić information content (AvgIpc) is 2.65. The third-order valence-corrected chi connectivity index (χ3v) is 3.76. The molecule has 0 radical (unpaired) electrons. The largest absolute Gasteiger partial charge is 0.480 e. The van der Waals surface area contributed by atoms with Crippen LogP contribution in [-0.4, -0.2) is 33.9 Å². The summed E-state index contributed by atoms with van der Waals surface area (Å²) in [7, 11) is 0. The molecule has 136 valence electrons. The van der Waals surface area contributed by atoms with Crippen LogP contribution in [0.5, 0.6) is 0 Å². The first-order valence-corrected chi connectivity index (χ1v) is 8.36. The number of carbonyl (C=O) groups is 3. The van der Waals surface area contributed by atoms with E-state index >= 15 is 0 Å². The third kappa shape index (κ3) is 5.41. The van der Waals surface area contributed by atoms with Crippen molar-refractivity contribution in [2.45, 2.75) is 32.2 Å². The van der Waals surface area contributed by atoms with Crippen molar-refractivity contribution < 1.29 is 19.5 Å². The maximum atomic E-state index is 12.3. The molecule has 0 fully saturated rings. The molecule has 0 aliphatic carbocycles. The standard InChI is InChI=1S/C19H21N3O4/c1-2-3-9-16(19(25)26)22-17(23)13-6-4-8-15(11-13)21-18(24)14-7-5-10-20-12-14/h4-8,10-12,16H,2-3,9H2,1H3,(H,21,24)(H,22,23)(H,25,26)/t16-/m0/s1. The lowest BCUT2D eigenvalue weighted by molar-refractivity contribution is -0.139. The van der Waals surface area contributed by atoms with Gasteiger partial charge in [-0.05, 0) is 36.8 Å². The van der Waals surface area contributed by atoms with Crippen molar-refractivity contribution in [3.05, 3.63) is 59.9 Å². The number of aliphatic carboxylic acids is 1. The molecule has 1 heterocycles. The quantitative estimate of drug-likeness (QED) is 0.675. The predicted octanol–water partition coefficient (Wildman–Crippen LogP) is 2.71. The van der Waals surface area contributed by atoms with Gasteiger partial charge in [0.15, 0.2) is 0 Å². The van der Waals surface area contributed by atoms with E-state index in [4.69, 9.17) is 0 Å². The number of rotatable bonds is 8. The van der Waals surface area contributed by atoms with Crippen molar-refractivity contribution >= 4 is 23.5 Å². The van der Waals surface area contributed by atoms with Crippen molar-refractivity contribution in [3.63, 3.8) is 0 Å². The molecule has 0 aliphatic rings. The van der Waals surface area contributed by atoms with Gasteiger partial charge in [-0.25, -0.2) is 4.79 Å². The smallest absolute Gasteiger partial charge is 0.326 e. The van der Waals surface area contributed by atoms with E-state index in [1.165, 1.54) is 12.3 Å². The van der Waals surface area contributed by atoms with Crippen molar-refractivity contribution in [1.29, 1.82) is 0 Å². The number of amides is 2. The maximum Gasteiger partial charge on any atom is 0.326 e. The third-order valence-electron chi connectivity index (χ3n) is 3.76. The van der Waals surface area contributed by atoms with Crippen LogP contribution in [-0.2, 0) is 4.79 Å². The van der Waals surface area contributed by atoms with Crippen LogP contribution in [0.25, 0.3) is 0 Å². The van der Waals surface area contributed by atoms with E-state index < -0.39 is 17.9 Å². The summed E-state index contributed by atoms with van der Waals surface area (Å²) in [5.74, 6) is -1.90. The van der Waals surface area contributed by atoms with Crippen LogP contribution >= 0.6 is 0 Å². The molecule has 7 nitrogen and oxygen atoms in total. The van der Waals surface area contributed by atoms with Crippen molar-refractivity contribution in [3.8, 4) is 0 Å². The van der Waals surface area contributed by atoms with Crippen LogP contribution in [0, 0.1) is 0 Å². The second kappa shape index (κ2) is 9.31. The molecule has 1 atom stereocenters. The van der Waals surface area contributed by atoms with Crippen LogP contribution in [0.15, 0.2) is 48.8 Å². The summed E-state index contributed by atoms with van der Waals surface area (Å²) >= 11 is 0. The van der Waals surface area contributed by atoms with Gasteiger partial charge in [0.05, 0.1) is 5.56 Å². The lowest BCUT2D eigenvalue weighted by Crippen LogP contribution is -2.40. The summed E-state index contributed by atoms with van der Waals surface area (Å²) in [6, 6.07) is 8.68. The fourth-order valence-electron chi connectivity index (χ4n) is 2.35. The molecule has 0 saturated carbocycles. The molecular formula is C19H21N3O4. The molecule has 26 heavy (non-hydrogen) atoms. The Morgan fingerprint density at radius 3 is 2.54 bits per heavy atom. The molecule has 0 spiro atoms. The maximum absolute atomic E-state index is 12.3. The highest BCUT2D eigenvalue weighted by molar-refractivity contribution is 6.05. The second-order valence-electron chi connectivity index (χ2n) is 5.78. The van der Waals surface area contributed by atoms with Crippen molar-refractivity contribution in [1.82, 2.24) is 10.3 Å². The van der Waals surface area contributed by atoms with Gasteiger partial charge >= 0.3 is 5.97 Å². The minimum Gasteiger partial charge on any atom is -0.480 e. The van der Waals surface area contributed by atoms with Crippen LogP contribution in [0.4, 0.5) is 5.69 Å². The molecule has 3 N–H and O–H groups in total. The van der Waals surface area contributed by atoms with E-state index in [1.54, 1.807) is 36.5 Å². The summed E-state index contributed by atoms with van der Waals surface area (Å²) < 4.78 is 0. The number of pyridine rings is 1. The molecule has 7 heteroatoms. The number of nitrogens with one attached hydrogen (secondary N) is 2. The summed E-state index contributed by atoms with van der Waals surface area (Å²) in [6.07, 6.45) is 4.93. The lowest BCUT2D eigenvalue weighted by atomic mass is 10.1. The number of anilines is 1. The zero-order valence-corrected chi connectivity index (χ0v) is 14.4. The molecule has 1 aromatic heterocycles. The van der Waals surface area contributed by atoms with E-state index in [0.717, 1.165) is 6.42 Å². The lowest BCUT2D eigenvalue weighted by Gasteiger charge is -2.14. The normalized spacial score (nSPS) is 11.4. The highest BCUT2D eigenvalue weighted by Gasteiger charge is 2.20. The number of carboxylic acid groups (broad SMARTS) is 1. The molecule has 0 saturated heterocycles. The zero-order valence-electron chi connectivity index (χ0n) is 14.4. The number of hydrogen-bond donors (Lipinski definition) is 3. The van der Waals surface area contributed by atoms with Crippen LogP contribution in [0.3, 0.4) is 0 Å². The van der Waals surface area contributed by atoms with Gasteiger partial charge in [0.2, 0.25) is 0 Å². The summed E-state index contributed by atoms with van der Waals surface area (Å²) in [4.78, 5) is 39.6. The number of unbranched alkanes of at least 4 members (excludes halogenated alkanes) is 1. The Bertz CT molecular complexity index is 777. The molecule has 0 aliphatic heterocycles. The van der Waals surface area contributed by atoms with Crippen LogP contribution in [0.2, 0.25) is 0 Å². The molecule has 2 amide bonds. The number of carboxylic acids is 1. The van der Waals surface area contributed by atoms with Gasteiger partial charge in [0, 0.05) is 23.6 Å². The van der Waals surface area contributed by atoms with Gasteiger partial charge in [-0.15, -0.1) is 0 Å². The van der Waals surface area contributed by atoms with Crippen LogP contribution in [0.1, 0.15) is 46.9 Å². The van der Waals surface area contributed by atoms with Gasteiger partial charge in [-0.3, -0.25) is 14.6 Å². The van der Waals surface area contributed by atoms with E-state index in [2.05, 4.69) is 15.6 Å². The first-order valence-electron chi connectivity index (χ1n) is 8.36. The number of benzene rings is 1. The highest BCUT2D eigenvalue weighted by Crippen LogP contribution is 2.13. The topological polar surface area (TPSA) is 108 Å². The van der Waals surface area contributed by atoms with E-state index in [0.29, 0.717) is 24.1 Å². The fourth-order valence-corrected chi connectivity index (χ4v) is 2.35. The van der Waals surface area contributed by atoms with Crippen molar-refractivity contribution in [2.24, 2.45) is 0 Å². The summed E-state index contributed by atoms with van der Waals surface area (Å²) in [5.41, 5.74) is 1.11. The number of carbonyl (C=O) groups excluding carboxylic acids is 2. The minimum atomic E-state index is -1.06. The van der Waals surface area contributed by atoms with Gasteiger partial charge < -0.3 is 15.7 Å². The zero-order chi connectivity index (χ0) is 18.9. The molecule has 0 bridgehead atoms. The Morgan fingerprint density at radius 1 is 1.12 bits per heavy atom. The Balaban J connectivity index is 2.06. The SMILES string of the molecule is CCCC[C@H](NC(=O)c1cccc(NC(=O)c2cccnc2)c1)C(=O)O.